The van der Waals surface area contributed by atoms with E-state index in [1.165, 1.54) is 22.3 Å². The summed E-state index contributed by atoms with van der Waals surface area (Å²) in [6.45, 7) is 11.9. The van der Waals surface area contributed by atoms with Crippen molar-refractivity contribution in [3.05, 3.63) is 34.4 Å². The van der Waals surface area contributed by atoms with Crippen LogP contribution in [0.15, 0.2) is 12.1 Å². The molecule has 0 amide bonds. The third-order valence-electron chi connectivity index (χ3n) is 3.50. The molecular formula is C16H27NO. The van der Waals surface area contributed by atoms with E-state index >= 15 is 0 Å². The third kappa shape index (κ3) is 4.11. The van der Waals surface area contributed by atoms with Crippen LogP contribution in [-0.2, 0) is 16.7 Å². The zero-order valence-electron chi connectivity index (χ0n) is 12.5. The Hall–Kier alpha value is -0.860. The molecule has 0 saturated carbocycles. The van der Waals surface area contributed by atoms with Gasteiger partial charge in [0.1, 0.15) is 0 Å². The molecule has 0 aliphatic heterocycles. The summed E-state index contributed by atoms with van der Waals surface area (Å²) in [5.74, 6) is 5.04. The lowest BCUT2D eigenvalue weighted by atomic mass is 9.83. The summed E-state index contributed by atoms with van der Waals surface area (Å²) in [5.41, 5.74) is 5.95. The quantitative estimate of drug-likeness (QED) is 0.636. The summed E-state index contributed by atoms with van der Waals surface area (Å²) in [7, 11) is 0. The largest absolute Gasteiger partial charge is 0.305 e. The molecule has 0 atom stereocenters. The Morgan fingerprint density at radius 3 is 2.06 bits per heavy atom. The van der Waals surface area contributed by atoms with Gasteiger partial charge in [-0.2, -0.15) is 0 Å². The summed E-state index contributed by atoms with van der Waals surface area (Å²) < 4.78 is 0. The molecule has 0 heterocycles. The zero-order chi connectivity index (χ0) is 13.8. The molecule has 2 N–H and O–H groups in total. The first-order valence-corrected chi connectivity index (χ1v) is 6.78. The van der Waals surface area contributed by atoms with Gasteiger partial charge in [0.25, 0.3) is 0 Å². The SMILES string of the molecule is Cc1cc(C(C)(C)C)cc(C)c1CCCCON. The van der Waals surface area contributed by atoms with Gasteiger partial charge >= 0.3 is 0 Å². The van der Waals surface area contributed by atoms with Crippen molar-refractivity contribution in [2.75, 3.05) is 6.61 Å². The minimum absolute atomic E-state index is 0.224. The predicted molar refractivity (Wildman–Crippen MR) is 77.7 cm³/mol. The first kappa shape index (κ1) is 15.2. The molecule has 0 saturated heterocycles. The second-order valence-electron chi connectivity index (χ2n) is 6.17. The maximum Gasteiger partial charge on any atom is 0.0679 e. The summed E-state index contributed by atoms with van der Waals surface area (Å²) in [5, 5.41) is 0. The van der Waals surface area contributed by atoms with Crippen LogP contribution in [0.4, 0.5) is 0 Å². The van der Waals surface area contributed by atoms with Crippen LogP contribution in [0.2, 0.25) is 0 Å². The van der Waals surface area contributed by atoms with E-state index in [1.807, 2.05) is 0 Å². The Morgan fingerprint density at radius 2 is 1.61 bits per heavy atom. The van der Waals surface area contributed by atoms with Crippen LogP contribution >= 0.6 is 0 Å². The number of aryl methyl sites for hydroxylation is 2. The molecule has 0 aliphatic rings. The smallest absolute Gasteiger partial charge is 0.0679 e. The lowest BCUT2D eigenvalue weighted by Gasteiger charge is -2.22. The van der Waals surface area contributed by atoms with Crippen molar-refractivity contribution in [1.29, 1.82) is 0 Å². The summed E-state index contributed by atoms with van der Waals surface area (Å²) in [6, 6.07) is 4.67. The second kappa shape index (κ2) is 6.35. The van der Waals surface area contributed by atoms with E-state index in [1.54, 1.807) is 0 Å². The van der Waals surface area contributed by atoms with Crippen LogP contribution in [0.1, 0.15) is 55.9 Å². The van der Waals surface area contributed by atoms with Crippen LogP contribution in [0, 0.1) is 13.8 Å². The highest BCUT2D eigenvalue weighted by molar-refractivity contribution is 5.40. The van der Waals surface area contributed by atoms with E-state index < -0.39 is 0 Å². The van der Waals surface area contributed by atoms with Crippen LogP contribution in [-0.4, -0.2) is 6.61 Å². The molecule has 2 nitrogen and oxygen atoms in total. The molecule has 0 aliphatic carbocycles. The summed E-state index contributed by atoms with van der Waals surface area (Å²) >= 11 is 0. The fraction of sp³-hybridized carbons (Fsp3) is 0.625. The average Bonchev–Trinajstić information content (AvgIpc) is 2.25. The van der Waals surface area contributed by atoms with E-state index in [0.29, 0.717) is 6.61 Å². The highest BCUT2D eigenvalue weighted by Gasteiger charge is 2.15. The molecular weight excluding hydrogens is 222 g/mol. The number of benzene rings is 1. The van der Waals surface area contributed by atoms with Gasteiger partial charge in [-0.1, -0.05) is 32.9 Å². The van der Waals surface area contributed by atoms with E-state index in [-0.39, 0.29) is 5.41 Å². The van der Waals surface area contributed by atoms with Gasteiger partial charge in [-0.3, -0.25) is 0 Å². The van der Waals surface area contributed by atoms with Crippen molar-refractivity contribution < 1.29 is 4.84 Å². The molecule has 1 aromatic carbocycles. The molecule has 0 unspecified atom stereocenters. The highest BCUT2D eigenvalue weighted by Crippen LogP contribution is 2.27. The molecule has 0 aromatic heterocycles. The van der Waals surface area contributed by atoms with Gasteiger partial charge in [0.2, 0.25) is 0 Å². The first-order valence-electron chi connectivity index (χ1n) is 6.78. The van der Waals surface area contributed by atoms with E-state index in [9.17, 15) is 0 Å². The fourth-order valence-corrected chi connectivity index (χ4v) is 2.31. The lowest BCUT2D eigenvalue weighted by Crippen LogP contribution is -2.12. The fourth-order valence-electron chi connectivity index (χ4n) is 2.31. The highest BCUT2D eigenvalue weighted by atomic mass is 16.6. The summed E-state index contributed by atoms with van der Waals surface area (Å²) in [4.78, 5) is 4.60. The van der Waals surface area contributed by atoms with Gasteiger partial charge in [0.15, 0.2) is 0 Å². The lowest BCUT2D eigenvalue weighted by molar-refractivity contribution is 0.134. The number of hydrogen-bond donors (Lipinski definition) is 1. The van der Waals surface area contributed by atoms with Crippen LogP contribution in [0.3, 0.4) is 0 Å². The molecule has 0 fully saturated rings. The Labute approximate surface area is 111 Å². The number of nitrogens with two attached hydrogens (primary N) is 1. The minimum Gasteiger partial charge on any atom is -0.305 e. The van der Waals surface area contributed by atoms with Crippen molar-refractivity contribution in [1.82, 2.24) is 0 Å². The van der Waals surface area contributed by atoms with Gasteiger partial charge in [-0.15, -0.1) is 0 Å². The third-order valence-corrected chi connectivity index (χ3v) is 3.50. The van der Waals surface area contributed by atoms with Crippen molar-refractivity contribution in [2.45, 2.75) is 59.3 Å². The number of rotatable bonds is 5. The molecule has 2 heteroatoms. The van der Waals surface area contributed by atoms with Crippen molar-refractivity contribution >= 4 is 0 Å². The maximum atomic E-state index is 5.04. The standard InChI is InChI=1S/C16H27NO/c1-12-10-14(16(3,4)5)11-13(2)15(12)8-6-7-9-18-17/h10-11H,6-9,17H2,1-5H3. The van der Waals surface area contributed by atoms with E-state index in [0.717, 1.165) is 19.3 Å². The monoisotopic (exact) mass is 249 g/mol. The van der Waals surface area contributed by atoms with Gasteiger partial charge in [-0.25, -0.2) is 5.90 Å². The zero-order valence-corrected chi connectivity index (χ0v) is 12.5. The van der Waals surface area contributed by atoms with Gasteiger partial charge < -0.3 is 4.84 Å². The maximum absolute atomic E-state index is 5.04. The van der Waals surface area contributed by atoms with E-state index in [4.69, 9.17) is 5.90 Å². The first-order chi connectivity index (χ1) is 8.36. The molecule has 0 spiro atoms. The van der Waals surface area contributed by atoms with Gasteiger partial charge in [0.05, 0.1) is 6.61 Å². The minimum atomic E-state index is 0.224. The Bertz CT molecular complexity index is 368. The predicted octanol–water partition coefficient (Wildman–Crippen LogP) is 3.81. The normalized spacial score (nSPS) is 11.9. The Kier molecular flexibility index (Phi) is 5.36. The molecule has 102 valence electrons. The molecule has 0 bridgehead atoms. The van der Waals surface area contributed by atoms with E-state index in [2.05, 4.69) is 51.6 Å². The molecule has 0 radical (unpaired) electrons. The van der Waals surface area contributed by atoms with Crippen molar-refractivity contribution in [2.24, 2.45) is 5.90 Å². The molecule has 18 heavy (non-hydrogen) atoms. The van der Waals surface area contributed by atoms with Gasteiger partial charge in [0, 0.05) is 0 Å². The van der Waals surface area contributed by atoms with Gasteiger partial charge in [-0.05, 0) is 60.8 Å². The number of unbranched alkanes of at least 4 members (excludes halogenated alkanes) is 1. The van der Waals surface area contributed by atoms with Crippen LogP contribution < -0.4 is 5.90 Å². The Balaban J connectivity index is 2.82. The second-order valence-corrected chi connectivity index (χ2v) is 6.17. The van der Waals surface area contributed by atoms with Crippen LogP contribution in [0.25, 0.3) is 0 Å². The van der Waals surface area contributed by atoms with Crippen molar-refractivity contribution in [3.8, 4) is 0 Å². The average molecular weight is 249 g/mol. The van der Waals surface area contributed by atoms with Crippen LogP contribution in [0.5, 0.6) is 0 Å². The number of hydrogen-bond acceptors (Lipinski definition) is 2. The van der Waals surface area contributed by atoms with Crippen molar-refractivity contribution in [3.63, 3.8) is 0 Å². The summed E-state index contributed by atoms with van der Waals surface area (Å²) in [6.07, 6.45) is 3.27. The molecule has 1 aromatic rings. The topological polar surface area (TPSA) is 35.2 Å². The Morgan fingerprint density at radius 1 is 1.06 bits per heavy atom. The molecule has 1 rings (SSSR count).